The van der Waals surface area contributed by atoms with Crippen molar-refractivity contribution >= 4 is 15.9 Å². The summed E-state index contributed by atoms with van der Waals surface area (Å²) in [7, 11) is 1.65. The molecule has 0 aromatic heterocycles. The molecule has 1 saturated heterocycles. The van der Waals surface area contributed by atoms with Crippen LogP contribution in [-0.4, -0.2) is 26.4 Å². The molecule has 5 heteroatoms. The molecule has 1 aliphatic rings. The SMILES string of the molecule is COc1ccc(Cc2cc(Br)c(OC3CCOC3)cc2C#N)cc1. The number of ether oxygens (including phenoxy) is 3. The molecular weight excluding hydrogens is 370 g/mol. The molecule has 0 bridgehead atoms. The second-order valence-electron chi connectivity index (χ2n) is 5.68. The van der Waals surface area contributed by atoms with Gasteiger partial charge < -0.3 is 14.2 Å². The van der Waals surface area contributed by atoms with Gasteiger partial charge in [-0.15, -0.1) is 0 Å². The Bertz CT molecular complexity index is 746. The predicted octanol–water partition coefficient (Wildman–Crippen LogP) is 4.09. The van der Waals surface area contributed by atoms with Gasteiger partial charge in [-0.2, -0.15) is 5.26 Å². The summed E-state index contributed by atoms with van der Waals surface area (Å²) >= 11 is 3.56. The fraction of sp³-hybridized carbons (Fsp3) is 0.316. The Morgan fingerprint density at radius 2 is 2.08 bits per heavy atom. The van der Waals surface area contributed by atoms with Crippen LogP contribution in [0.2, 0.25) is 0 Å². The first-order valence-corrected chi connectivity index (χ1v) is 8.58. The summed E-state index contributed by atoms with van der Waals surface area (Å²) in [5.74, 6) is 1.52. The molecule has 1 aliphatic heterocycles. The molecule has 1 heterocycles. The van der Waals surface area contributed by atoms with Gasteiger partial charge in [0.2, 0.25) is 0 Å². The summed E-state index contributed by atoms with van der Waals surface area (Å²) < 4.78 is 17.3. The number of halogens is 1. The lowest BCUT2D eigenvalue weighted by molar-refractivity contribution is 0.141. The van der Waals surface area contributed by atoms with E-state index in [2.05, 4.69) is 22.0 Å². The van der Waals surface area contributed by atoms with E-state index < -0.39 is 0 Å². The van der Waals surface area contributed by atoms with E-state index in [9.17, 15) is 5.26 Å². The first kappa shape index (κ1) is 16.8. The van der Waals surface area contributed by atoms with Crippen molar-refractivity contribution in [3.63, 3.8) is 0 Å². The average molecular weight is 388 g/mol. The maximum absolute atomic E-state index is 9.49. The molecular formula is C19H18BrNO3. The van der Waals surface area contributed by atoms with Gasteiger partial charge in [-0.1, -0.05) is 12.1 Å². The van der Waals surface area contributed by atoms with Crippen molar-refractivity contribution in [3.05, 3.63) is 57.6 Å². The minimum absolute atomic E-state index is 0.0558. The lowest BCUT2D eigenvalue weighted by Crippen LogP contribution is -2.16. The highest BCUT2D eigenvalue weighted by atomic mass is 79.9. The highest BCUT2D eigenvalue weighted by molar-refractivity contribution is 9.10. The van der Waals surface area contributed by atoms with Crippen LogP contribution in [0, 0.1) is 11.3 Å². The zero-order valence-electron chi connectivity index (χ0n) is 13.4. The average Bonchev–Trinajstić information content (AvgIpc) is 3.11. The third-order valence-corrected chi connectivity index (χ3v) is 4.63. The van der Waals surface area contributed by atoms with Gasteiger partial charge in [-0.05, 0) is 57.7 Å². The van der Waals surface area contributed by atoms with E-state index in [-0.39, 0.29) is 6.10 Å². The fourth-order valence-electron chi connectivity index (χ4n) is 2.68. The highest BCUT2D eigenvalue weighted by Crippen LogP contribution is 2.31. The third kappa shape index (κ3) is 3.89. The zero-order valence-corrected chi connectivity index (χ0v) is 15.0. The molecule has 0 aliphatic carbocycles. The predicted molar refractivity (Wildman–Crippen MR) is 94.5 cm³/mol. The third-order valence-electron chi connectivity index (χ3n) is 4.01. The van der Waals surface area contributed by atoms with Crippen LogP contribution in [0.1, 0.15) is 23.1 Å². The first-order valence-electron chi connectivity index (χ1n) is 7.79. The first-order chi connectivity index (χ1) is 11.7. The topological polar surface area (TPSA) is 51.5 Å². The van der Waals surface area contributed by atoms with Gasteiger partial charge >= 0.3 is 0 Å². The Balaban J connectivity index is 1.82. The Kier molecular flexibility index (Phi) is 5.39. The molecule has 4 nitrogen and oxygen atoms in total. The van der Waals surface area contributed by atoms with Crippen LogP contribution >= 0.6 is 15.9 Å². The maximum atomic E-state index is 9.49. The van der Waals surface area contributed by atoms with Gasteiger partial charge in [0.1, 0.15) is 17.6 Å². The molecule has 1 fully saturated rings. The van der Waals surface area contributed by atoms with Crippen LogP contribution < -0.4 is 9.47 Å². The van der Waals surface area contributed by atoms with Crippen LogP contribution in [-0.2, 0) is 11.2 Å². The Labute approximate surface area is 150 Å². The summed E-state index contributed by atoms with van der Waals surface area (Å²) in [6.07, 6.45) is 1.61. The minimum Gasteiger partial charge on any atom is -0.497 e. The number of methoxy groups -OCH3 is 1. The number of hydrogen-bond donors (Lipinski definition) is 0. The Morgan fingerprint density at radius 1 is 1.29 bits per heavy atom. The van der Waals surface area contributed by atoms with Crippen molar-refractivity contribution in [2.24, 2.45) is 0 Å². The normalized spacial score (nSPS) is 16.6. The number of nitrogens with zero attached hydrogens (tertiary/aromatic N) is 1. The minimum atomic E-state index is 0.0558. The van der Waals surface area contributed by atoms with Crippen molar-refractivity contribution in [1.29, 1.82) is 5.26 Å². The zero-order chi connectivity index (χ0) is 16.9. The van der Waals surface area contributed by atoms with Crippen molar-refractivity contribution in [2.75, 3.05) is 20.3 Å². The summed E-state index contributed by atoms with van der Waals surface area (Å²) in [6.45, 7) is 1.32. The second kappa shape index (κ2) is 7.69. The summed E-state index contributed by atoms with van der Waals surface area (Å²) in [5.41, 5.74) is 2.71. The maximum Gasteiger partial charge on any atom is 0.135 e. The number of rotatable bonds is 5. The standard InChI is InChI=1S/C19H18BrNO3/c1-22-16-4-2-13(3-5-16)8-14-9-18(20)19(10-15(14)11-21)24-17-6-7-23-12-17/h2-5,9-10,17H,6-8,12H2,1H3. The molecule has 2 aromatic rings. The summed E-state index contributed by atoms with van der Waals surface area (Å²) in [5, 5.41) is 9.49. The molecule has 2 aromatic carbocycles. The van der Waals surface area contributed by atoms with Gasteiger partial charge in [0.25, 0.3) is 0 Å². The van der Waals surface area contributed by atoms with E-state index >= 15 is 0 Å². The highest BCUT2D eigenvalue weighted by Gasteiger charge is 2.19. The van der Waals surface area contributed by atoms with Crippen molar-refractivity contribution < 1.29 is 14.2 Å². The Hall–Kier alpha value is -2.03. The van der Waals surface area contributed by atoms with E-state index in [0.29, 0.717) is 24.3 Å². The fourth-order valence-corrected chi connectivity index (χ4v) is 3.17. The quantitative estimate of drug-likeness (QED) is 0.775. The number of hydrogen-bond acceptors (Lipinski definition) is 4. The van der Waals surface area contributed by atoms with Gasteiger partial charge in [-0.3, -0.25) is 0 Å². The van der Waals surface area contributed by atoms with Crippen molar-refractivity contribution in [2.45, 2.75) is 18.9 Å². The van der Waals surface area contributed by atoms with Gasteiger partial charge in [0.15, 0.2) is 0 Å². The van der Waals surface area contributed by atoms with E-state index in [1.54, 1.807) is 13.2 Å². The van der Waals surface area contributed by atoms with Crippen molar-refractivity contribution in [1.82, 2.24) is 0 Å². The molecule has 24 heavy (non-hydrogen) atoms. The lowest BCUT2D eigenvalue weighted by Gasteiger charge is -2.15. The molecule has 3 rings (SSSR count). The van der Waals surface area contributed by atoms with Crippen LogP contribution in [0.25, 0.3) is 0 Å². The number of nitriles is 1. The van der Waals surface area contributed by atoms with Crippen LogP contribution in [0.5, 0.6) is 11.5 Å². The molecule has 1 unspecified atom stereocenters. The smallest absolute Gasteiger partial charge is 0.135 e. The van der Waals surface area contributed by atoms with Crippen LogP contribution in [0.3, 0.4) is 0 Å². The van der Waals surface area contributed by atoms with E-state index in [4.69, 9.17) is 14.2 Å². The monoisotopic (exact) mass is 387 g/mol. The van der Waals surface area contributed by atoms with Gasteiger partial charge in [-0.25, -0.2) is 0 Å². The number of benzene rings is 2. The largest absolute Gasteiger partial charge is 0.497 e. The molecule has 124 valence electrons. The Morgan fingerprint density at radius 3 is 2.71 bits per heavy atom. The van der Waals surface area contributed by atoms with Crippen LogP contribution in [0.15, 0.2) is 40.9 Å². The van der Waals surface area contributed by atoms with E-state index in [1.165, 1.54) is 0 Å². The van der Waals surface area contributed by atoms with Gasteiger partial charge in [0, 0.05) is 6.42 Å². The molecule has 0 spiro atoms. The lowest BCUT2D eigenvalue weighted by atomic mass is 10.00. The molecule has 0 N–H and O–H groups in total. The van der Waals surface area contributed by atoms with E-state index in [0.717, 1.165) is 34.4 Å². The second-order valence-corrected chi connectivity index (χ2v) is 6.53. The summed E-state index contributed by atoms with van der Waals surface area (Å²) in [6, 6.07) is 13.9. The van der Waals surface area contributed by atoms with Crippen molar-refractivity contribution in [3.8, 4) is 17.6 Å². The van der Waals surface area contributed by atoms with E-state index in [1.807, 2.05) is 30.3 Å². The molecule has 0 amide bonds. The molecule has 0 radical (unpaired) electrons. The van der Waals surface area contributed by atoms with Crippen LogP contribution in [0.4, 0.5) is 0 Å². The molecule has 0 saturated carbocycles. The van der Waals surface area contributed by atoms with Gasteiger partial charge in [0.05, 0.1) is 36.4 Å². The molecule has 1 atom stereocenters. The summed E-state index contributed by atoms with van der Waals surface area (Å²) in [4.78, 5) is 0.